The molecule has 1 aliphatic rings. The molecule has 2 nitrogen and oxygen atoms in total. The predicted molar refractivity (Wildman–Crippen MR) is 85.3 cm³/mol. The zero-order valence-electron chi connectivity index (χ0n) is 13.4. The molecule has 0 aliphatic carbocycles. The van der Waals surface area contributed by atoms with E-state index in [-0.39, 0.29) is 0 Å². The van der Waals surface area contributed by atoms with Crippen LogP contribution < -0.4 is 10.1 Å². The summed E-state index contributed by atoms with van der Waals surface area (Å²) in [5, 5.41) is 3.70. The number of para-hydroxylation sites is 1. The number of fused-ring (bicyclic) bond motifs is 1. The number of ether oxygens (including phenoxy) is 1. The Morgan fingerprint density at radius 1 is 1.15 bits per heavy atom. The van der Waals surface area contributed by atoms with Gasteiger partial charge in [0.05, 0.1) is 6.61 Å². The molecule has 20 heavy (non-hydrogen) atoms. The van der Waals surface area contributed by atoms with E-state index < -0.39 is 0 Å². The van der Waals surface area contributed by atoms with Crippen molar-refractivity contribution in [1.82, 2.24) is 5.32 Å². The molecule has 1 N–H and O–H groups in total. The largest absolute Gasteiger partial charge is 0.493 e. The zero-order chi connectivity index (χ0) is 14.5. The molecular formula is C18H29NO. The molecule has 1 aliphatic heterocycles. The van der Waals surface area contributed by atoms with Crippen LogP contribution >= 0.6 is 0 Å². The van der Waals surface area contributed by atoms with Gasteiger partial charge in [0.1, 0.15) is 5.75 Å². The third kappa shape index (κ3) is 3.76. The first-order chi connectivity index (χ1) is 9.59. The van der Waals surface area contributed by atoms with Gasteiger partial charge in [-0.2, -0.15) is 0 Å². The van der Waals surface area contributed by atoms with Crippen LogP contribution in [0.1, 0.15) is 45.6 Å². The Balaban J connectivity index is 1.89. The lowest BCUT2D eigenvalue weighted by atomic mass is 9.85. The second-order valence-electron chi connectivity index (χ2n) is 6.68. The van der Waals surface area contributed by atoms with E-state index in [4.69, 9.17) is 4.74 Å². The van der Waals surface area contributed by atoms with Gasteiger partial charge in [-0.1, -0.05) is 45.9 Å². The molecule has 1 aromatic carbocycles. The van der Waals surface area contributed by atoms with E-state index in [2.05, 4.69) is 57.3 Å². The van der Waals surface area contributed by atoms with Gasteiger partial charge >= 0.3 is 0 Å². The number of rotatable bonds is 6. The molecule has 0 bridgehead atoms. The lowest BCUT2D eigenvalue weighted by Crippen LogP contribution is -2.33. The summed E-state index contributed by atoms with van der Waals surface area (Å²) in [4.78, 5) is 0. The summed E-state index contributed by atoms with van der Waals surface area (Å²) in [5.41, 5.74) is 1.37. The lowest BCUT2D eigenvalue weighted by molar-refractivity contribution is 0.250. The minimum Gasteiger partial charge on any atom is -0.493 e. The SMILES string of the molecule is CC(C)C(CNCC1CCOc2ccccc21)C(C)C. The summed E-state index contributed by atoms with van der Waals surface area (Å²) >= 11 is 0. The highest BCUT2D eigenvalue weighted by Crippen LogP contribution is 2.32. The van der Waals surface area contributed by atoms with Gasteiger partial charge in [-0.25, -0.2) is 0 Å². The maximum absolute atomic E-state index is 5.73. The fourth-order valence-corrected chi connectivity index (χ4v) is 3.29. The van der Waals surface area contributed by atoms with E-state index in [1.54, 1.807) is 0 Å². The van der Waals surface area contributed by atoms with E-state index in [0.717, 1.165) is 49.6 Å². The first-order valence-electron chi connectivity index (χ1n) is 8.02. The maximum atomic E-state index is 5.73. The van der Waals surface area contributed by atoms with Crippen molar-refractivity contribution in [3.05, 3.63) is 29.8 Å². The average Bonchev–Trinajstić information content (AvgIpc) is 2.42. The first-order valence-corrected chi connectivity index (χ1v) is 8.02. The average molecular weight is 275 g/mol. The van der Waals surface area contributed by atoms with Crippen LogP contribution in [0, 0.1) is 17.8 Å². The van der Waals surface area contributed by atoms with Gasteiger partial charge < -0.3 is 10.1 Å². The molecule has 1 unspecified atom stereocenters. The summed E-state index contributed by atoms with van der Waals surface area (Å²) in [6, 6.07) is 8.48. The Hall–Kier alpha value is -1.02. The molecule has 2 heteroatoms. The number of hydrogen-bond donors (Lipinski definition) is 1. The highest BCUT2D eigenvalue weighted by Gasteiger charge is 2.22. The van der Waals surface area contributed by atoms with Gasteiger partial charge in [-0.05, 0) is 42.3 Å². The topological polar surface area (TPSA) is 21.3 Å². The number of hydrogen-bond acceptors (Lipinski definition) is 2. The van der Waals surface area contributed by atoms with Crippen molar-refractivity contribution in [3.8, 4) is 5.75 Å². The molecule has 112 valence electrons. The molecule has 0 spiro atoms. The van der Waals surface area contributed by atoms with Gasteiger partial charge in [-0.15, -0.1) is 0 Å². The summed E-state index contributed by atoms with van der Waals surface area (Å²) in [6.45, 7) is 12.4. The highest BCUT2D eigenvalue weighted by molar-refractivity contribution is 5.37. The predicted octanol–water partition coefficient (Wildman–Crippen LogP) is 4.07. The standard InChI is InChI=1S/C18H29NO/c1-13(2)17(14(3)4)12-19-11-15-9-10-20-18-8-6-5-7-16(15)18/h5-8,13-15,17,19H,9-12H2,1-4H3. The van der Waals surface area contributed by atoms with Crippen molar-refractivity contribution < 1.29 is 4.74 Å². The molecule has 0 saturated carbocycles. The minimum absolute atomic E-state index is 0.597. The molecule has 0 amide bonds. The third-order valence-corrected chi connectivity index (χ3v) is 4.57. The third-order valence-electron chi connectivity index (χ3n) is 4.57. The van der Waals surface area contributed by atoms with Gasteiger partial charge in [0.15, 0.2) is 0 Å². The summed E-state index contributed by atoms with van der Waals surface area (Å²) in [6.07, 6.45) is 1.12. The second-order valence-corrected chi connectivity index (χ2v) is 6.68. The van der Waals surface area contributed by atoms with Gasteiger partial charge in [0, 0.05) is 12.5 Å². The van der Waals surface area contributed by atoms with Crippen molar-refractivity contribution in [2.75, 3.05) is 19.7 Å². The summed E-state index contributed by atoms with van der Waals surface area (Å²) in [7, 11) is 0. The fraction of sp³-hybridized carbons (Fsp3) is 0.667. The van der Waals surface area contributed by atoms with E-state index in [1.165, 1.54) is 5.56 Å². The molecule has 0 radical (unpaired) electrons. The van der Waals surface area contributed by atoms with Gasteiger partial charge in [0.25, 0.3) is 0 Å². The van der Waals surface area contributed by atoms with Crippen molar-refractivity contribution in [2.24, 2.45) is 17.8 Å². The molecule has 0 saturated heterocycles. The monoisotopic (exact) mass is 275 g/mol. The fourth-order valence-electron chi connectivity index (χ4n) is 3.29. The van der Waals surface area contributed by atoms with Gasteiger partial charge in [-0.3, -0.25) is 0 Å². The van der Waals surface area contributed by atoms with Crippen LogP contribution in [0.3, 0.4) is 0 Å². The van der Waals surface area contributed by atoms with E-state index >= 15 is 0 Å². The molecule has 1 atom stereocenters. The Morgan fingerprint density at radius 3 is 2.55 bits per heavy atom. The summed E-state index contributed by atoms with van der Waals surface area (Å²) in [5.74, 6) is 3.91. The molecule has 1 aromatic rings. The Bertz CT molecular complexity index is 406. The Labute approximate surface area is 123 Å². The van der Waals surface area contributed by atoms with Crippen molar-refractivity contribution in [3.63, 3.8) is 0 Å². The van der Waals surface area contributed by atoms with E-state index in [9.17, 15) is 0 Å². The normalized spacial score (nSPS) is 18.4. The zero-order valence-corrected chi connectivity index (χ0v) is 13.4. The van der Waals surface area contributed by atoms with Crippen LogP contribution in [0.2, 0.25) is 0 Å². The Morgan fingerprint density at radius 2 is 1.85 bits per heavy atom. The minimum atomic E-state index is 0.597. The summed E-state index contributed by atoms with van der Waals surface area (Å²) < 4.78 is 5.73. The van der Waals surface area contributed by atoms with Crippen LogP contribution in [-0.2, 0) is 0 Å². The second kappa shape index (κ2) is 7.12. The smallest absolute Gasteiger partial charge is 0.122 e. The van der Waals surface area contributed by atoms with Crippen LogP contribution in [0.15, 0.2) is 24.3 Å². The molecule has 0 aromatic heterocycles. The van der Waals surface area contributed by atoms with Crippen molar-refractivity contribution in [1.29, 1.82) is 0 Å². The van der Waals surface area contributed by atoms with E-state index in [0.29, 0.717) is 5.92 Å². The number of benzene rings is 1. The molecule has 2 rings (SSSR count). The molecule has 0 fully saturated rings. The van der Waals surface area contributed by atoms with Crippen molar-refractivity contribution in [2.45, 2.75) is 40.0 Å². The quantitative estimate of drug-likeness (QED) is 0.845. The van der Waals surface area contributed by atoms with Crippen LogP contribution in [0.5, 0.6) is 5.75 Å². The Kier molecular flexibility index (Phi) is 5.47. The van der Waals surface area contributed by atoms with Crippen LogP contribution in [0.25, 0.3) is 0 Å². The van der Waals surface area contributed by atoms with Crippen LogP contribution in [-0.4, -0.2) is 19.7 Å². The first kappa shape index (κ1) is 15.4. The molecule has 1 heterocycles. The lowest BCUT2D eigenvalue weighted by Gasteiger charge is -2.29. The van der Waals surface area contributed by atoms with Gasteiger partial charge in [0.2, 0.25) is 0 Å². The maximum Gasteiger partial charge on any atom is 0.122 e. The number of nitrogens with one attached hydrogen (secondary N) is 1. The van der Waals surface area contributed by atoms with E-state index in [1.807, 2.05) is 0 Å². The van der Waals surface area contributed by atoms with Crippen LogP contribution in [0.4, 0.5) is 0 Å². The highest BCUT2D eigenvalue weighted by atomic mass is 16.5. The van der Waals surface area contributed by atoms with Crippen molar-refractivity contribution >= 4 is 0 Å². The molecular weight excluding hydrogens is 246 g/mol.